The van der Waals surface area contributed by atoms with Gasteiger partial charge in [-0.05, 0) is 50.2 Å². The Labute approximate surface area is 192 Å². The summed E-state index contributed by atoms with van der Waals surface area (Å²) < 4.78 is 78.2. The molecule has 0 aromatic heterocycles. The molecule has 0 unspecified atom stereocenters. The minimum Gasteiger partial charge on any atom is -0.377 e. The van der Waals surface area contributed by atoms with Crippen LogP contribution in [0.25, 0.3) is 0 Å². The second-order valence-electron chi connectivity index (χ2n) is 7.48. The third-order valence-electron chi connectivity index (χ3n) is 4.86. The molecule has 12 heteroatoms. The third-order valence-corrected chi connectivity index (χ3v) is 4.86. The third kappa shape index (κ3) is 6.55. The average Bonchev–Trinajstić information content (AvgIpc) is 2.72. The van der Waals surface area contributed by atoms with E-state index in [4.69, 9.17) is 0 Å². The molecule has 2 rings (SSSR count). The van der Waals surface area contributed by atoms with Gasteiger partial charge in [-0.25, -0.2) is 4.79 Å². The van der Waals surface area contributed by atoms with Crippen LogP contribution in [0.5, 0.6) is 0 Å². The number of nitrogens with zero attached hydrogens (tertiary/aromatic N) is 2. The zero-order valence-corrected chi connectivity index (χ0v) is 18.9. The fourth-order valence-corrected chi connectivity index (χ4v) is 3.18. The Balaban J connectivity index is 2.35. The lowest BCUT2D eigenvalue weighted by molar-refractivity contribution is -0.143. The monoisotopic (exact) mass is 490 g/mol. The minimum atomic E-state index is -5.05. The molecule has 2 aromatic carbocycles. The van der Waals surface area contributed by atoms with E-state index in [0.29, 0.717) is 30.9 Å². The molecule has 0 atom stereocenters. The van der Waals surface area contributed by atoms with Crippen LogP contribution in [0.15, 0.2) is 36.4 Å². The molecule has 2 aromatic rings. The van der Waals surface area contributed by atoms with Crippen LogP contribution < -0.4 is 15.5 Å². The van der Waals surface area contributed by atoms with Gasteiger partial charge in [0.2, 0.25) is 0 Å². The summed E-state index contributed by atoms with van der Waals surface area (Å²) in [4.78, 5) is 28.5. The zero-order valence-electron chi connectivity index (χ0n) is 18.9. The van der Waals surface area contributed by atoms with Crippen molar-refractivity contribution >= 4 is 29.0 Å². The number of hydrogen-bond acceptors (Lipinski definition) is 3. The van der Waals surface area contributed by atoms with Gasteiger partial charge in [-0.15, -0.1) is 0 Å². The van der Waals surface area contributed by atoms with Crippen molar-refractivity contribution < 1.29 is 35.9 Å². The number of alkyl halides is 6. The molecule has 0 bridgehead atoms. The normalized spacial score (nSPS) is 11.7. The van der Waals surface area contributed by atoms with Gasteiger partial charge in [-0.3, -0.25) is 4.79 Å². The Kier molecular flexibility index (Phi) is 8.06. The van der Waals surface area contributed by atoms with Gasteiger partial charge in [-0.2, -0.15) is 26.3 Å². The van der Waals surface area contributed by atoms with Crippen LogP contribution in [-0.2, 0) is 12.4 Å². The first kappa shape index (κ1) is 26.8. The Morgan fingerprint density at radius 2 is 1.29 bits per heavy atom. The van der Waals surface area contributed by atoms with Gasteiger partial charge >= 0.3 is 18.4 Å². The maximum absolute atomic E-state index is 13.0. The van der Waals surface area contributed by atoms with E-state index in [0.717, 1.165) is 0 Å². The highest BCUT2D eigenvalue weighted by Crippen LogP contribution is 2.37. The highest BCUT2D eigenvalue weighted by atomic mass is 19.4. The maximum Gasteiger partial charge on any atom is 0.416 e. The predicted octanol–water partition coefficient (Wildman–Crippen LogP) is 5.92. The summed E-state index contributed by atoms with van der Waals surface area (Å²) in [5.41, 5.74) is -2.84. The lowest BCUT2D eigenvalue weighted by atomic mass is 10.1. The molecule has 0 aliphatic carbocycles. The number of carbonyl (C=O) groups excluding carboxylic acids is 2. The highest BCUT2D eigenvalue weighted by molar-refractivity contribution is 6.04. The SMILES string of the molecule is CCN(CC)C(=O)c1cc(NC(=O)Nc2cc(C(F)(F)F)cc(C(F)(F)F)c2)ccc1N(C)C. The second-order valence-corrected chi connectivity index (χ2v) is 7.48. The van der Waals surface area contributed by atoms with Crippen molar-refractivity contribution in [1.29, 1.82) is 0 Å². The van der Waals surface area contributed by atoms with Gasteiger partial charge < -0.3 is 20.4 Å². The minimum absolute atomic E-state index is 0.0336. The van der Waals surface area contributed by atoms with Crippen LogP contribution in [-0.4, -0.2) is 44.0 Å². The first-order valence-corrected chi connectivity index (χ1v) is 10.2. The molecule has 0 fully saturated rings. The Hall–Kier alpha value is -3.44. The van der Waals surface area contributed by atoms with Crippen LogP contribution in [0.4, 0.5) is 48.2 Å². The van der Waals surface area contributed by atoms with Crippen molar-refractivity contribution in [3.8, 4) is 0 Å². The summed E-state index contributed by atoms with van der Waals surface area (Å²) >= 11 is 0. The first-order valence-electron chi connectivity index (χ1n) is 10.2. The van der Waals surface area contributed by atoms with Crippen molar-refractivity contribution in [3.63, 3.8) is 0 Å². The fraction of sp³-hybridized carbons (Fsp3) is 0.364. The summed E-state index contributed by atoms with van der Waals surface area (Å²) in [6.45, 7) is 4.49. The smallest absolute Gasteiger partial charge is 0.377 e. The van der Waals surface area contributed by atoms with E-state index in [9.17, 15) is 35.9 Å². The average molecular weight is 490 g/mol. The van der Waals surface area contributed by atoms with E-state index >= 15 is 0 Å². The molecule has 0 heterocycles. The van der Waals surface area contributed by atoms with Crippen molar-refractivity contribution in [2.24, 2.45) is 0 Å². The molecular weight excluding hydrogens is 466 g/mol. The van der Waals surface area contributed by atoms with Crippen LogP contribution in [0, 0.1) is 0 Å². The molecule has 34 heavy (non-hydrogen) atoms. The molecule has 0 aliphatic heterocycles. The number of amides is 3. The second kappa shape index (κ2) is 10.2. The van der Waals surface area contributed by atoms with Crippen LogP contribution in [0.3, 0.4) is 0 Å². The van der Waals surface area contributed by atoms with E-state index in [1.165, 1.54) is 12.1 Å². The number of hydrogen-bond donors (Lipinski definition) is 2. The number of urea groups is 1. The van der Waals surface area contributed by atoms with Crippen LogP contribution in [0.2, 0.25) is 0 Å². The van der Waals surface area contributed by atoms with Gasteiger partial charge in [-0.1, -0.05) is 0 Å². The van der Waals surface area contributed by atoms with Crippen molar-refractivity contribution in [2.45, 2.75) is 26.2 Å². The summed E-state index contributed by atoms with van der Waals surface area (Å²) in [5, 5.41) is 4.33. The summed E-state index contributed by atoms with van der Waals surface area (Å²) in [6.07, 6.45) is -10.1. The fourth-order valence-electron chi connectivity index (χ4n) is 3.18. The van der Waals surface area contributed by atoms with Crippen molar-refractivity contribution in [2.75, 3.05) is 42.7 Å². The van der Waals surface area contributed by atoms with Gasteiger partial charge in [0.15, 0.2) is 0 Å². The van der Waals surface area contributed by atoms with Gasteiger partial charge in [0.1, 0.15) is 0 Å². The molecule has 0 saturated carbocycles. The standard InChI is InChI=1S/C22H24F6N4O2/c1-5-32(6-2)19(33)17-12-15(7-8-18(17)31(3)4)29-20(34)30-16-10-13(21(23,24)25)9-14(11-16)22(26,27)28/h7-12H,5-6H2,1-4H3,(H2,29,30,34). The topological polar surface area (TPSA) is 64.7 Å². The quantitative estimate of drug-likeness (QED) is 0.495. The number of halogens is 6. The summed E-state index contributed by atoms with van der Waals surface area (Å²) in [6, 6.07) is 4.11. The number of benzene rings is 2. The molecule has 3 amide bonds. The Bertz CT molecular complexity index is 1010. The van der Waals surface area contributed by atoms with Gasteiger partial charge in [0.05, 0.1) is 16.7 Å². The molecular formula is C22H24F6N4O2. The van der Waals surface area contributed by atoms with Gasteiger partial charge in [0, 0.05) is 44.2 Å². The van der Waals surface area contributed by atoms with E-state index < -0.39 is 35.2 Å². The summed E-state index contributed by atoms with van der Waals surface area (Å²) in [5.74, 6) is -0.301. The molecule has 186 valence electrons. The predicted molar refractivity (Wildman–Crippen MR) is 117 cm³/mol. The summed E-state index contributed by atoms with van der Waals surface area (Å²) in [7, 11) is 3.44. The van der Waals surface area contributed by atoms with Crippen molar-refractivity contribution in [3.05, 3.63) is 53.1 Å². The largest absolute Gasteiger partial charge is 0.416 e. The molecule has 0 aliphatic rings. The van der Waals surface area contributed by atoms with E-state index in [2.05, 4.69) is 5.32 Å². The number of nitrogens with one attached hydrogen (secondary N) is 2. The molecule has 0 radical (unpaired) electrons. The van der Waals surface area contributed by atoms with Crippen molar-refractivity contribution in [1.82, 2.24) is 4.90 Å². The van der Waals surface area contributed by atoms with E-state index in [-0.39, 0.29) is 23.2 Å². The lowest BCUT2D eigenvalue weighted by Crippen LogP contribution is -2.32. The van der Waals surface area contributed by atoms with E-state index in [1.54, 1.807) is 43.8 Å². The van der Waals surface area contributed by atoms with E-state index in [1.807, 2.05) is 5.32 Å². The van der Waals surface area contributed by atoms with Gasteiger partial charge in [0.25, 0.3) is 5.91 Å². The number of anilines is 3. The molecule has 0 saturated heterocycles. The zero-order chi connectivity index (χ0) is 25.8. The lowest BCUT2D eigenvalue weighted by Gasteiger charge is -2.23. The molecule has 2 N–H and O–H groups in total. The number of rotatable bonds is 6. The molecule has 0 spiro atoms. The number of carbonyl (C=O) groups is 2. The van der Waals surface area contributed by atoms with Crippen LogP contribution >= 0.6 is 0 Å². The maximum atomic E-state index is 13.0. The van der Waals surface area contributed by atoms with Crippen LogP contribution in [0.1, 0.15) is 35.3 Å². The molecule has 6 nitrogen and oxygen atoms in total. The first-order chi connectivity index (χ1) is 15.7. The Morgan fingerprint density at radius 1 is 0.794 bits per heavy atom. The Morgan fingerprint density at radius 3 is 1.74 bits per heavy atom. The highest BCUT2D eigenvalue weighted by Gasteiger charge is 2.37.